The molecule has 0 bridgehead atoms. The SMILES string of the molecule is C=C1/C(=C\C=C2/CCC[C@]3(C)C([C@H](C)CCCC(C)(C)O)CC[C@@H]23)C[C@@H](O)C[C@@H]1O.C=C1CC[C@H](O)C/C1=C/C=C1\CCC[C@]2(C)C([C@H](C)CCCC(C)(C)O)CC[C@@H]12.[B]PP(P(P)P)P([C-](P(P(P)P)P(P)P)P(P(P)P)P(P)P)P(P(P)P)P(P)P.[Y]. The average Bonchev–Trinajstić information content (AvgIpc) is 2.62. The first-order chi connectivity index (χ1) is 40.8. The van der Waals surface area contributed by atoms with E-state index in [-0.39, 0.29) is 124 Å². The molecule has 0 aromatic rings. The van der Waals surface area contributed by atoms with Crippen LogP contribution in [0.15, 0.2) is 70.9 Å². The molecule has 28 atom stereocenters. The standard InChI is InChI=1S/C27H44O3.C27H44O2.CH29BP27.Y/c1-18(8-6-14-26(3,4)30)23-12-13-24-20(9-7-15-27(23,24)5)10-11-21-16-22(28)17-25(29)19(21)2;1-19-10-13-23(28)18-22(19)12-11-21-9-7-17-27(5)24(14-15-25(21)27)20(2)8-6-16-26(3,4)29;2-17-28(25(11)12)20(29(26(13)14)27(15)16)1(18(21(3)4)22(5)6)19(23(7)8)24(9)10;/h10-11,18,22-25,28-30H,2,6-9,12-17H2,1,3-5H3;11-12,20,23-25,28-29H,1,6-10,13-18H2,2-5H3;17H,3-16H2;/q;;-1;/b20-10+,21-11-;21-11+,22-12-;;/t18-,22-,23?,24+,25+,27-;20-,23+,24?,25+,27-;;/m11../s1. The zero-order chi connectivity index (χ0) is 66.6. The molecule has 6 aliphatic rings. The summed E-state index contributed by atoms with van der Waals surface area (Å²) in [5, 5.41) is 52.3. The van der Waals surface area contributed by atoms with Crippen molar-refractivity contribution in [2.24, 2.45) is 46.3 Å². The van der Waals surface area contributed by atoms with Gasteiger partial charge in [0.15, 0.2) is 0 Å². The van der Waals surface area contributed by atoms with Gasteiger partial charge in [0.1, 0.15) is 7.57 Å². The summed E-state index contributed by atoms with van der Waals surface area (Å²) in [5.74, 6) is 4.36. The molecule has 0 aromatic carbocycles. The number of aliphatic hydroxyl groups excluding tert-OH is 3. The Morgan fingerprint density at radius 1 is 0.584 bits per heavy atom. The van der Waals surface area contributed by atoms with Crippen LogP contribution in [0.4, 0.5) is 0 Å². The van der Waals surface area contributed by atoms with E-state index in [1.54, 1.807) is 11.1 Å². The Bertz CT molecular complexity index is 2280. The minimum atomic E-state index is -0.615. The van der Waals surface area contributed by atoms with Gasteiger partial charge in [-0.15, -0.1) is 133 Å². The molecule has 0 aliphatic heterocycles. The normalized spacial score (nSPS) is 30.5. The molecule has 0 saturated heterocycles. The average molecular weight is 1790 g/mol. The third-order valence-electron chi connectivity index (χ3n) is 19.3. The van der Waals surface area contributed by atoms with Gasteiger partial charge < -0.3 is 25.5 Å². The quantitative estimate of drug-likeness (QED) is 0.0356. The smallest absolute Gasteiger partial charge is 0.111 e. The second kappa shape index (κ2) is 45.2. The number of aliphatic hydroxyl groups is 5. The topological polar surface area (TPSA) is 101 Å². The van der Waals surface area contributed by atoms with Crippen molar-refractivity contribution in [2.45, 2.75) is 220 Å². The first-order valence-corrected chi connectivity index (χ1v) is 77.9. The molecule has 6 aliphatic carbocycles. The minimum Gasteiger partial charge on any atom is -0.393 e. The maximum atomic E-state index is 10.1. The van der Waals surface area contributed by atoms with Gasteiger partial charge in [-0.2, -0.15) is 21.9 Å². The van der Waals surface area contributed by atoms with Gasteiger partial charge in [-0.1, -0.05) is 142 Å². The second-order valence-electron chi connectivity index (χ2n) is 27.1. The minimum absolute atomic E-state index is 0. The molecule has 5 nitrogen and oxygen atoms in total. The van der Waals surface area contributed by atoms with Crippen LogP contribution >= 0.6 is 218 Å². The van der Waals surface area contributed by atoms with Crippen LogP contribution in [0, 0.1) is 51.5 Å². The molecule has 0 amide bonds. The van der Waals surface area contributed by atoms with E-state index in [2.05, 4.69) is 190 Å². The van der Waals surface area contributed by atoms with Crippen LogP contribution in [0.25, 0.3) is 0 Å². The summed E-state index contributed by atoms with van der Waals surface area (Å²) in [7, 11) is 51.7. The molecule has 5 N–H and O–H groups in total. The summed E-state index contributed by atoms with van der Waals surface area (Å²) < 4.78 is 0. The number of fused-ring (bicyclic) bond motifs is 2. The number of hydrogen-bond acceptors (Lipinski definition) is 5. The Balaban J connectivity index is 0.000000347. The molecule has 6 fully saturated rings. The summed E-state index contributed by atoms with van der Waals surface area (Å²) in [6.45, 7) is 24.7. The van der Waals surface area contributed by atoms with E-state index in [0.717, 1.165) is 79.8 Å². The molecule has 89 heavy (non-hydrogen) atoms. The largest absolute Gasteiger partial charge is 0.393 e. The van der Waals surface area contributed by atoms with Crippen molar-refractivity contribution in [1.29, 1.82) is 0 Å². The van der Waals surface area contributed by atoms with Gasteiger partial charge in [0, 0.05) is 39.1 Å². The molecule has 0 aromatic heterocycles. The monoisotopic (exact) mass is 1790 g/mol. The zero-order valence-corrected chi connectivity index (χ0v) is 85.3. The van der Waals surface area contributed by atoms with Crippen molar-refractivity contribution >= 4 is 225 Å². The maximum Gasteiger partial charge on any atom is 0.111 e. The van der Waals surface area contributed by atoms with Crippen LogP contribution < -0.4 is 0 Å². The van der Waals surface area contributed by atoms with E-state index < -0.39 is 23.4 Å². The van der Waals surface area contributed by atoms with E-state index in [0.29, 0.717) is 43.7 Å². The fourth-order valence-electron chi connectivity index (χ4n) is 15.1. The van der Waals surface area contributed by atoms with Crippen molar-refractivity contribution < 1.29 is 58.2 Å². The molecule has 0 heterocycles. The number of hydrogen-bond donors (Lipinski definition) is 5. The van der Waals surface area contributed by atoms with Gasteiger partial charge in [0.2, 0.25) is 0 Å². The van der Waals surface area contributed by atoms with Gasteiger partial charge in [-0.05, 0) is 221 Å². The molecule has 0 spiro atoms. The Labute approximate surface area is 619 Å². The molecular weight excluding hydrogens is 1680 g/mol. The van der Waals surface area contributed by atoms with Gasteiger partial charge in [-0.3, -0.25) is 0 Å². The number of allylic oxidation sites excluding steroid dienone is 7. The zero-order valence-electron chi connectivity index (χ0n) is 54.6. The van der Waals surface area contributed by atoms with E-state index in [1.807, 2.05) is 32.8 Å². The third kappa shape index (κ3) is 29.4. The van der Waals surface area contributed by atoms with Gasteiger partial charge in [-0.25, -0.2) is 5.14 Å². The summed E-state index contributed by atoms with van der Waals surface area (Å²) in [6, 6.07) is 0. The van der Waals surface area contributed by atoms with Crippen LogP contribution in [0.1, 0.15) is 190 Å². The molecule has 19 unspecified atom stereocenters. The van der Waals surface area contributed by atoms with Crippen molar-refractivity contribution in [2.75, 3.05) is 0 Å². The Morgan fingerprint density at radius 3 is 1.36 bits per heavy atom. The first-order valence-electron chi connectivity index (χ1n) is 30.9. The van der Waals surface area contributed by atoms with Crippen LogP contribution in [0.5, 0.6) is 0 Å². The molecule has 34 heteroatoms. The second-order valence-corrected chi connectivity index (χ2v) is 126. The van der Waals surface area contributed by atoms with E-state index in [4.69, 9.17) is 7.57 Å². The van der Waals surface area contributed by atoms with Crippen molar-refractivity contribution in [3.8, 4) is 0 Å². The van der Waals surface area contributed by atoms with E-state index in [1.165, 1.54) is 88.2 Å². The molecule has 509 valence electrons. The van der Waals surface area contributed by atoms with Crippen LogP contribution in [-0.4, -0.2) is 62.6 Å². The van der Waals surface area contributed by atoms with Gasteiger partial charge in [0.05, 0.1) is 29.5 Å². The molecule has 3 radical (unpaired) electrons. The fraction of sp³-hybridized carbons (Fsp3) is 0.764. The van der Waals surface area contributed by atoms with E-state index >= 15 is 0 Å². The van der Waals surface area contributed by atoms with Crippen molar-refractivity contribution in [3.63, 3.8) is 0 Å². The van der Waals surface area contributed by atoms with Crippen LogP contribution in [0.2, 0.25) is 0 Å². The summed E-state index contributed by atoms with van der Waals surface area (Å²) in [4.78, 5) is 0. The Hall–Kier alpha value is 11.0. The van der Waals surface area contributed by atoms with Gasteiger partial charge in [0.25, 0.3) is 0 Å². The Kier molecular flexibility index (Phi) is 47.9. The molecular formula is C55H117BO5P27Y-. The predicted molar refractivity (Wildman–Crippen MR) is 483 cm³/mol. The maximum absolute atomic E-state index is 10.1. The molecule has 6 saturated carbocycles. The van der Waals surface area contributed by atoms with Crippen molar-refractivity contribution in [1.82, 2.24) is 0 Å². The van der Waals surface area contributed by atoms with E-state index in [9.17, 15) is 25.5 Å². The summed E-state index contributed by atoms with van der Waals surface area (Å²) in [5.41, 5.74) is 7.19. The first kappa shape index (κ1) is 94.2. The fourth-order valence-corrected chi connectivity index (χ4v) is 239. The van der Waals surface area contributed by atoms with Crippen LogP contribution in [-0.2, 0) is 32.7 Å². The Morgan fingerprint density at radius 2 is 0.989 bits per heavy atom. The van der Waals surface area contributed by atoms with Crippen LogP contribution in [0.3, 0.4) is 0 Å². The summed E-state index contributed by atoms with van der Waals surface area (Å²) >= 11 is 0. The third-order valence-corrected chi connectivity index (χ3v) is 150. The summed E-state index contributed by atoms with van der Waals surface area (Å²) in [6.07, 6.45) is 30.8. The van der Waals surface area contributed by atoms with Crippen molar-refractivity contribution in [3.05, 3.63) is 76.0 Å². The van der Waals surface area contributed by atoms with Gasteiger partial charge >= 0.3 is 0 Å². The molecule has 6 rings (SSSR count). The predicted octanol–water partition coefficient (Wildman–Crippen LogP) is 27.6. The number of rotatable bonds is 25.